The third-order valence-corrected chi connectivity index (χ3v) is 2.92. The molecule has 2 rings (SSSR count). The van der Waals surface area contributed by atoms with Crippen LogP contribution in [0, 0.1) is 0 Å². The highest BCUT2D eigenvalue weighted by molar-refractivity contribution is 5.40. The molecule has 1 aromatic carbocycles. The number of hydrogen-bond donors (Lipinski definition) is 1. The van der Waals surface area contributed by atoms with Crippen LogP contribution in [0.2, 0.25) is 0 Å². The van der Waals surface area contributed by atoms with Crippen LogP contribution >= 0.6 is 0 Å². The first-order chi connectivity index (χ1) is 8.33. The number of para-hydroxylation sites is 2. The lowest BCUT2D eigenvalue weighted by Gasteiger charge is -2.30. The molecule has 4 heteroatoms. The van der Waals surface area contributed by atoms with Gasteiger partial charge in [-0.25, -0.2) is 0 Å². The first-order valence-electron chi connectivity index (χ1n) is 6.14. The van der Waals surface area contributed by atoms with E-state index in [9.17, 15) is 0 Å². The van der Waals surface area contributed by atoms with Gasteiger partial charge in [0.05, 0.1) is 0 Å². The van der Waals surface area contributed by atoms with Crippen molar-refractivity contribution in [2.75, 3.05) is 32.8 Å². The zero-order chi connectivity index (χ0) is 12.1. The fourth-order valence-electron chi connectivity index (χ4n) is 2.00. The van der Waals surface area contributed by atoms with Crippen LogP contribution in [0.25, 0.3) is 0 Å². The Bertz CT molecular complexity index is 357. The minimum absolute atomic E-state index is 0.0939. The number of nitrogens with two attached hydrogens (primary N) is 1. The molecule has 0 saturated carbocycles. The van der Waals surface area contributed by atoms with Gasteiger partial charge >= 0.3 is 0 Å². The van der Waals surface area contributed by atoms with Crippen molar-refractivity contribution in [1.29, 1.82) is 0 Å². The second-order valence-electron chi connectivity index (χ2n) is 4.18. The standard InChI is InChI=1S/C13H20N2O2/c1-2-15(8-7-14)9-11-10-16-12-5-3-4-6-13(12)17-11/h3-6,11H,2,7-10,14H2,1H3. The van der Waals surface area contributed by atoms with E-state index in [0.717, 1.165) is 31.1 Å². The van der Waals surface area contributed by atoms with Gasteiger partial charge in [-0.2, -0.15) is 0 Å². The SMILES string of the molecule is CCN(CCN)CC1COc2ccccc2O1. The lowest BCUT2D eigenvalue weighted by atomic mass is 10.2. The predicted octanol–water partition coefficient (Wildman–Crippen LogP) is 1.11. The summed E-state index contributed by atoms with van der Waals surface area (Å²) in [6, 6.07) is 7.79. The summed E-state index contributed by atoms with van der Waals surface area (Å²) >= 11 is 0. The normalized spacial score (nSPS) is 18.4. The number of rotatable bonds is 5. The van der Waals surface area contributed by atoms with Gasteiger partial charge in [0.15, 0.2) is 11.5 Å². The lowest BCUT2D eigenvalue weighted by Crippen LogP contribution is -2.42. The Balaban J connectivity index is 1.93. The van der Waals surface area contributed by atoms with Gasteiger partial charge in [-0.05, 0) is 18.7 Å². The number of nitrogens with zero attached hydrogens (tertiary/aromatic N) is 1. The largest absolute Gasteiger partial charge is 0.486 e. The molecule has 1 aromatic rings. The van der Waals surface area contributed by atoms with Crippen molar-refractivity contribution in [3.8, 4) is 11.5 Å². The van der Waals surface area contributed by atoms with Gasteiger partial charge in [0.2, 0.25) is 0 Å². The van der Waals surface area contributed by atoms with Gasteiger partial charge in [-0.15, -0.1) is 0 Å². The smallest absolute Gasteiger partial charge is 0.161 e. The molecule has 0 amide bonds. The molecule has 1 aliphatic rings. The molecule has 2 N–H and O–H groups in total. The fourth-order valence-corrected chi connectivity index (χ4v) is 2.00. The molecule has 0 aromatic heterocycles. The van der Waals surface area contributed by atoms with Gasteiger partial charge in [0.25, 0.3) is 0 Å². The summed E-state index contributed by atoms with van der Waals surface area (Å²) < 4.78 is 11.6. The fraction of sp³-hybridized carbons (Fsp3) is 0.538. The van der Waals surface area contributed by atoms with Gasteiger partial charge < -0.3 is 15.2 Å². The van der Waals surface area contributed by atoms with Crippen LogP contribution in [0.1, 0.15) is 6.92 Å². The van der Waals surface area contributed by atoms with E-state index in [2.05, 4.69) is 11.8 Å². The highest BCUT2D eigenvalue weighted by Gasteiger charge is 2.22. The molecule has 0 saturated heterocycles. The average molecular weight is 236 g/mol. The third-order valence-electron chi connectivity index (χ3n) is 2.92. The Hall–Kier alpha value is -1.26. The van der Waals surface area contributed by atoms with Crippen LogP contribution in [0.5, 0.6) is 11.5 Å². The second-order valence-corrected chi connectivity index (χ2v) is 4.18. The molecule has 94 valence electrons. The zero-order valence-corrected chi connectivity index (χ0v) is 10.3. The number of hydrogen-bond acceptors (Lipinski definition) is 4. The van der Waals surface area contributed by atoms with E-state index in [4.69, 9.17) is 15.2 Å². The first-order valence-corrected chi connectivity index (χ1v) is 6.14. The summed E-state index contributed by atoms with van der Waals surface area (Å²) in [6.45, 7) is 6.17. The molecule has 17 heavy (non-hydrogen) atoms. The van der Waals surface area contributed by atoms with Crippen molar-refractivity contribution >= 4 is 0 Å². The third kappa shape index (κ3) is 3.11. The van der Waals surface area contributed by atoms with Crippen molar-refractivity contribution in [2.24, 2.45) is 5.73 Å². The minimum atomic E-state index is 0.0939. The predicted molar refractivity (Wildman–Crippen MR) is 67.5 cm³/mol. The lowest BCUT2D eigenvalue weighted by molar-refractivity contribution is 0.0609. The van der Waals surface area contributed by atoms with E-state index < -0.39 is 0 Å². The molecule has 4 nitrogen and oxygen atoms in total. The maximum Gasteiger partial charge on any atom is 0.161 e. The van der Waals surface area contributed by atoms with Gasteiger partial charge in [-0.1, -0.05) is 19.1 Å². The molecule has 0 aliphatic carbocycles. The molecule has 1 aliphatic heterocycles. The van der Waals surface area contributed by atoms with Crippen LogP contribution in [0.4, 0.5) is 0 Å². The Morgan fingerprint density at radius 2 is 2.12 bits per heavy atom. The molecule has 0 spiro atoms. The van der Waals surface area contributed by atoms with Crippen LogP contribution < -0.4 is 15.2 Å². The van der Waals surface area contributed by atoms with Gasteiger partial charge in [-0.3, -0.25) is 4.90 Å². The monoisotopic (exact) mass is 236 g/mol. The Morgan fingerprint density at radius 3 is 2.82 bits per heavy atom. The summed E-state index contributed by atoms with van der Waals surface area (Å²) in [5.41, 5.74) is 5.57. The van der Waals surface area contributed by atoms with Crippen molar-refractivity contribution in [1.82, 2.24) is 4.90 Å². The summed E-state index contributed by atoms with van der Waals surface area (Å²) in [6.07, 6.45) is 0.0939. The average Bonchev–Trinajstić information content (AvgIpc) is 2.38. The topological polar surface area (TPSA) is 47.7 Å². The molecular formula is C13H20N2O2. The molecule has 0 radical (unpaired) electrons. The summed E-state index contributed by atoms with van der Waals surface area (Å²) in [4.78, 5) is 2.28. The maximum atomic E-state index is 5.90. The highest BCUT2D eigenvalue weighted by Crippen LogP contribution is 2.30. The molecule has 0 fully saturated rings. The van der Waals surface area contributed by atoms with E-state index in [1.54, 1.807) is 0 Å². The molecule has 0 bridgehead atoms. The van der Waals surface area contributed by atoms with E-state index in [1.165, 1.54) is 0 Å². The van der Waals surface area contributed by atoms with E-state index >= 15 is 0 Å². The summed E-state index contributed by atoms with van der Waals surface area (Å²) in [5.74, 6) is 1.68. The first kappa shape index (κ1) is 12.2. The van der Waals surface area contributed by atoms with Crippen LogP contribution in [0.3, 0.4) is 0 Å². The number of ether oxygens (including phenoxy) is 2. The van der Waals surface area contributed by atoms with Crippen molar-refractivity contribution in [2.45, 2.75) is 13.0 Å². The molecular weight excluding hydrogens is 216 g/mol. The second kappa shape index (κ2) is 5.89. The highest BCUT2D eigenvalue weighted by atomic mass is 16.6. The molecule has 1 unspecified atom stereocenters. The summed E-state index contributed by atoms with van der Waals surface area (Å²) in [5, 5.41) is 0. The summed E-state index contributed by atoms with van der Waals surface area (Å²) in [7, 11) is 0. The molecule has 1 heterocycles. The van der Waals surface area contributed by atoms with Crippen LogP contribution in [-0.2, 0) is 0 Å². The van der Waals surface area contributed by atoms with E-state index in [1.807, 2.05) is 24.3 Å². The number of benzene rings is 1. The van der Waals surface area contributed by atoms with Crippen molar-refractivity contribution < 1.29 is 9.47 Å². The van der Waals surface area contributed by atoms with E-state index in [-0.39, 0.29) is 6.10 Å². The van der Waals surface area contributed by atoms with Crippen molar-refractivity contribution in [3.05, 3.63) is 24.3 Å². The van der Waals surface area contributed by atoms with Crippen molar-refractivity contribution in [3.63, 3.8) is 0 Å². The molecule has 1 atom stereocenters. The zero-order valence-electron chi connectivity index (χ0n) is 10.3. The van der Waals surface area contributed by atoms with Crippen LogP contribution in [-0.4, -0.2) is 43.8 Å². The Labute approximate surface area is 102 Å². The van der Waals surface area contributed by atoms with Crippen LogP contribution in [0.15, 0.2) is 24.3 Å². The number of likely N-dealkylation sites (N-methyl/N-ethyl adjacent to an activating group) is 1. The van der Waals surface area contributed by atoms with E-state index in [0.29, 0.717) is 13.2 Å². The number of fused-ring (bicyclic) bond motifs is 1. The van der Waals surface area contributed by atoms with Gasteiger partial charge in [0.1, 0.15) is 12.7 Å². The maximum absolute atomic E-state index is 5.90. The van der Waals surface area contributed by atoms with Gasteiger partial charge in [0, 0.05) is 19.6 Å². The Kier molecular flexibility index (Phi) is 4.23. The Morgan fingerprint density at radius 1 is 1.35 bits per heavy atom. The quantitative estimate of drug-likeness (QED) is 0.832. The minimum Gasteiger partial charge on any atom is -0.486 e.